The van der Waals surface area contributed by atoms with Gasteiger partial charge in [0.05, 0.1) is 4.92 Å². The molecule has 0 radical (unpaired) electrons. The van der Waals surface area contributed by atoms with Crippen molar-refractivity contribution in [2.24, 2.45) is 0 Å². The average Bonchev–Trinajstić information content (AvgIpc) is 2.43. The highest BCUT2D eigenvalue weighted by atomic mass is 16.6. The summed E-state index contributed by atoms with van der Waals surface area (Å²) >= 11 is 0. The molecule has 1 unspecified atom stereocenters. The number of nitrogens with zero attached hydrogens (tertiary/aromatic N) is 1. The van der Waals surface area contributed by atoms with Crippen molar-refractivity contribution >= 4 is 17.7 Å². The largest absolute Gasteiger partial charge is 0.396 e. The van der Waals surface area contributed by atoms with E-state index in [2.05, 4.69) is 5.32 Å². The van der Waals surface area contributed by atoms with E-state index in [0.717, 1.165) is 0 Å². The van der Waals surface area contributed by atoms with Gasteiger partial charge in [-0.25, -0.2) is 0 Å². The highest BCUT2D eigenvalue weighted by molar-refractivity contribution is 5.91. The first kappa shape index (κ1) is 15.8. The van der Waals surface area contributed by atoms with Crippen LogP contribution in [0.25, 0.3) is 6.08 Å². The monoisotopic (exact) mass is 278 g/mol. The number of hydrogen-bond acceptors (Lipinski definition) is 4. The van der Waals surface area contributed by atoms with Gasteiger partial charge < -0.3 is 10.4 Å². The third kappa shape index (κ3) is 5.62. The number of nitrogens with one attached hydrogen (secondary N) is 1. The Labute approximate surface area is 117 Å². The van der Waals surface area contributed by atoms with Crippen LogP contribution in [0.4, 0.5) is 5.69 Å². The van der Waals surface area contributed by atoms with Crippen molar-refractivity contribution in [3.05, 3.63) is 46.0 Å². The fourth-order valence-corrected chi connectivity index (χ4v) is 1.67. The van der Waals surface area contributed by atoms with Gasteiger partial charge in [0.1, 0.15) is 0 Å². The lowest BCUT2D eigenvalue weighted by molar-refractivity contribution is -0.384. The Morgan fingerprint density at radius 1 is 1.55 bits per heavy atom. The maximum atomic E-state index is 11.6. The zero-order chi connectivity index (χ0) is 15.0. The van der Waals surface area contributed by atoms with Crippen molar-refractivity contribution < 1.29 is 14.8 Å². The predicted molar refractivity (Wildman–Crippen MR) is 76.1 cm³/mol. The molecule has 1 atom stereocenters. The van der Waals surface area contributed by atoms with Gasteiger partial charge in [0.2, 0.25) is 5.91 Å². The Hall–Kier alpha value is -2.21. The number of rotatable bonds is 7. The number of non-ortho nitro benzene ring substituents is 1. The Morgan fingerprint density at radius 3 is 2.95 bits per heavy atom. The molecule has 1 rings (SSSR count). The summed E-state index contributed by atoms with van der Waals surface area (Å²) in [6, 6.07) is 6.03. The highest BCUT2D eigenvalue weighted by Gasteiger charge is 2.05. The second-order valence-electron chi connectivity index (χ2n) is 4.46. The first-order valence-electron chi connectivity index (χ1n) is 6.37. The van der Waals surface area contributed by atoms with Crippen LogP contribution in [0.3, 0.4) is 0 Å². The zero-order valence-electron chi connectivity index (χ0n) is 11.3. The van der Waals surface area contributed by atoms with E-state index in [-0.39, 0.29) is 24.2 Å². The third-order valence-corrected chi connectivity index (χ3v) is 2.69. The van der Waals surface area contributed by atoms with Crippen LogP contribution in [0, 0.1) is 10.1 Å². The third-order valence-electron chi connectivity index (χ3n) is 2.69. The van der Waals surface area contributed by atoms with Gasteiger partial charge in [0.15, 0.2) is 0 Å². The van der Waals surface area contributed by atoms with E-state index in [1.54, 1.807) is 12.1 Å². The summed E-state index contributed by atoms with van der Waals surface area (Å²) in [6.45, 7) is 1.96. The van der Waals surface area contributed by atoms with E-state index in [4.69, 9.17) is 5.11 Å². The Morgan fingerprint density at radius 2 is 2.30 bits per heavy atom. The minimum atomic E-state index is -0.478. The van der Waals surface area contributed by atoms with E-state index in [0.29, 0.717) is 18.4 Å². The van der Waals surface area contributed by atoms with Gasteiger partial charge in [-0.05, 0) is 31.4 Å². The number of hydrogen-bond donors (Lipinski definition) is 2. The van der Waals surface area contributed by atoms with E-state index in [1.165, 1.54) is 24.3 Å². The van der Waals surface area contributed by atoms with Crippen molar-refractivity contribution in [1.82, 2.24) is 5.32 Å². The molecule has 20 heavy (non-hydrogen) atoms. The molecule has 0 fully saturated rings. The highest BCUT2D eigenvalue weighted by Crippen LogP contribution is 2.14. The van der Waals surface area contributed by atoms with Crippen molar-refractivity contribution in [2.75, 3.05) is 6.61 Å². The molecule has 0 saturated carbocycles. The summed E-state index contributed by atoms with van der Waals surface area (Å²) in [6.07, 6.45) is 4.21. The van der Waals surface area contributed by atoms with E-state index in [9.17, 15) is 14.9 Å². The fourth-order valence-electron chi connectivity index (χ4n) is 1.67. The lowest BCUT2D eigenvalue weighted by atomic mass is 10.1. The van der Waals surface area contributed by atoms with Crippen LogP contribution in [0.15, 0.2) is 30.3 Å². The molecular weight excluding hydrogens is 260 g/mol. The SMILES string of the molecule is CC(CCCO)NC(=O)/C=C/c1cccc([N+](=O)[O-])c1. The van der Waals surface area contributed by atoms with Gasteiger partial charge in [-0.1, -0.05) is 12.1 Å². The van der Waals surface area contributed by atoms with Crippen molar-refractivity contribution in [2.45, 2.75) is 25.8 Å². The molecule has 0 bridgehead atoms. The molecule has 0 aliphatic rings. The molecule has 0 aliphatic heterocycles. The summed E-state index contributed by atoms with van der Waals surface area (Å²) in [5.74, 6) is -0.262. The molecule has 0 saturated heterocycles. The van der Waals surface area contributed by atoms with Crippen LogP contribution in [-0.2, 0) is 4.79 Å². The van der Waals surface area contributed by atoms with Crippen molar-refractivity contribution in [3.63, 3.8) is 0 Å². The number of nitro groups is 1. The summed E-state index contributed by atoms with van der Waals surface area (Å²) in [5, 5.41) is 22.1. The molecule has 1 amide bonds. The lowest BCUT2D eigenvalue weighted by Gasteiger charge is -2.10. The number of benzene rings is 1. The normalized spacial score (nSPS) is 12.3. The molecule has 108 valence electrons. The smallest absolute Gasteiger partial charge is 0.270 e. The van der Waals surface area contributed by atoms with Crippen LogP contribution in [0.2, 0.25) is 0 Å². The van der Waals surface area contributed by atoms with Crippen LogP contribution < -0.4 is 5.32 Å². The maximum Gasteiger partial charge on any atom is 0.270 e. The number of nitro benzene ring substituents is 1. The Kier molecular flexibility index (Phi) is 6.39. The van der Waals surface area contributed by atoms with Crippen LogP contribution in [0.5, 0.6) is 0 Å². The van der Waals surface area contributed by atoms with Gasteiger partial charge in [-0.2, -0.15) is 0 Å². The summed E-state index contributed by atoms with van der Waals surface area (Å²) in [4.78, 5) is 21.8. The predicted octanol–water partition coefficient (Wildman–Crippen LogP) is 1.89. The number of aliphatic hydroxyl groups excluding tert-OH is 1. The quantitative estimate of drug-likeness (QED) is 0.452. The molecule has 6 heteroatoms. The van der Waals surface area contributed by atoms with Gasteiger partial charge in [0, 0.05) is 30.9 Å². The maximum absolute atomic E-state index is 11.6. The minimum absolute atomic E-state index is 0.0103. The molecule has 0 aromatic heterocycles. The van der Waals surface area contributed by atoms with Crippen LogP contribution in [-0.4, -0.2) is 28.6 Å². The number of carbonyl (C=O) groups is 1. The van der Waals surface area contributed by atoms with Gasteiger partial charge >= 0.3 is 0 Å². The second kappa shape index (κ2) is 8.06. The minimum Gasteiger partial charge on any atom is -0.396 e. The summed E-state index contributed by atoms with van der Waals surface area (Å²) < 4.78 is 0. The van der Waals surface area contributed by atoms with Gasteiger partial charge in [-0.15, -0.1) is 0 Å². The molecule has 1 aromatic carbocycles. The Balaban J connectivity index is 2.56. The topological polar surface area (TPSA) is 92.5 Å². The standard InChI is InChI=1S/C14H18N2O4/c1-11(4-3-9-17)15-14(18)8-7-12-5-2-6-13(10-12)16(19)20/h2,5-8,10-11,17H,3-4,9H2,1H3,(H,15,18)/b8-7+. The molecule has 0 spiro atoms. The second-order valence-corrected chi connectivity index (χ2v) is 4.46. The van der Waals surface area contributed by atoms with E-state index < -0.39 is 4.92 Å². The average molecular weight is 278 g/mol. The molecule has 6 nitrogen and oxygen atoms in total. The van der Waals surface area contributed by atoms with Crippen LogP contribution >= 0.6 is 0 Å². The fraction of sp³-hybridized carbons (Fsp3) is 0.357. The van der Waals surface area contributed by atoms with Crippen molar-refractivity contribution in [1.29, 1.82) is 0 Å². The summed E-state index contributed by atoms with van der Waals surface area (Å²) in [7, 11) is 0. The lowest BCUT2D eigenvalue weighted by Crippen LogP contribution is -2.31. The van der Waals surface area contributed by atoms with Gasteiger partial charge in [0.25, 0.3) is 5.69 Å². The van der Waals surface area contributed by atoms with E-state index >= 15 is 0 Å². The first-order chi connectivity index (χ1) is 9.52. The molecule has 1 aromatic rings. The number of carbonyl (C=O) groups excluding carboxylic acids is 1. The first-order valence-corrected chi connectivity index (χ1v) is 6.37. The molecule has 0 heterocycles. The molecule has 0 aliphatic carbocycles. The van der Waals surface area contributed by atoms with Crippen LogP contribution in [0.1, 0.15) is 25.3 Å². The van der Waals surface area contributed by atoms with E-state index in [1.807, 2.05) is 6.92 Å². The van der Waals surface area contributed by atoms with Crippen molar-refractivity contribution in [3.8, 4) is 0 Å². The summed E-state index contributed by atoms with van der Waals surface area (Å²) in [5.41, 5.74) is 0.584. The Bertz CT molecular complexity index is 500. The number of amides is 1. The molecular formula is C14H18N2O4. The van der Waals surface area contributed by atoms with Gasteiger partial charge in [-0.3, -0.25) is 14.9 Å². The number of aliphatic hydroxyl groups is 1. The molecule has 2 N–H and O–H groups in total. The zero-order valence-corrected chi connectivity index (χ0v) is 11.3.